The largest absolute Gasteiger partial charge is 0.379 e. The summed E-state index contributed by atoms with van der Waals surface area (Å²) in [5.74, 6) is 2.07. The van der Waals surface area contributed by atoms with Crippen LogP contribution >= 0.6 is 0 Å². The third kappa shape index (κ3) is 2.71. The molecule has 6 heteroatoms. The fourth-order valence-corrected chi connectivity index (χ4v) is 2.57. The van der Waals surface area contributed by atoms with E-state index in [2.05, 4.69) is 15.0 Å². The zero-order valence-electron chi connectivity index (χ0n) is 10.7. The van der Waals surface area contributed by atoms with E-state index >= 15 is 0 Å². The standard InChI is InChI=1S/C12H21N5O/c13-10-1-2-12-14-11(15-17(12)9-10)3-4-16-5-7-18-8-6-16/h10H,1-9,13H2. The third-order valence-electron chi connectivity index (χ3n) is 3.69. The van der Waals surface area contributed by atoms with Crippen molar-refractivity contribution in [1.82, 2.24) is 19.7 Å². The Kier molecular flexibility index (Phi) is 3.58. The van der Waals surface area contributed by atoms with Crippen molar-refractivity contribution < 1.29 is 4.74 Å². The number of rotatable bonds is 3. The zero-order chi connectivity index (χ0) is 12.4. The molecule has 0 aliphatic carbocycles. The molecule has 2 aliphatic rings. The fourth-order valence-electron chi connectivity index (χ4n) is 2.57. The number of hydrogen-bond donors (Lipinski definition) is 1. The first-order valence-corrected chi connectivity index (χ1v) is 6.79. The molecule has 100 valence electrons. The van der Waals surface area contributed by atoms with Crippen molar-refractivity contribution >= 4 is 0 Å². The molecular weight excluding hydrogens is 230 g/mol. The Morgan fingerprint density at radius 3 is 3.00 bits per heavy atom. The Balaban J connectivity index is 1.56. The normalized spacial score (nSPS) is 25.1. The van der Waals surface area contributed by atoms with Gasteiger partial charge in [-0.1, -0.05) is 0 Å². The molecule has 3 heterocycles. The number of aromatic nitrogens is 3. The minimum absolute atomic E-state index is 0.242. The Bertz CT molecular complexity index is 399. The van der Waals surface area contributed by atoms with Crippen LogP contribution in [0.15, 0.2) is 0 Å². The molecule has 1 saturated heterocycles. The molecule has 1 aromatic heterocycles. The molecule has 1 atom stereocenters. The second-order valence-corrected chi connectivity index (χ2v) is 5.13. The van der Waals surface area contributed by atoms with Crippen molar-refractivity contribution in [3.63, 3.8) is 0 Å². The summed E-state index contributed by atoms with van der Waals surface area (Å²) < 4.78 is 7.33. The summed E-state index contributed by atoms with van der Waals surface area (Å²) in [5, 5.41) is 4.55. The van der Waals surface area contributed by atoms with E-state index < -0.39 is 0 Å². The van der Waals surface area contributed by atoms with Gasteiger partial charge in [0.25, 0.3) is 0 Å². The van der Waals surface area contributed by atoms with Gasteiger partial charge in [0.1, 0.15) is 5.82 Å². The van der Waals surface area contributed by atoms with E-state index in [1.165, 1.54) is 0 Å². The first-order chi connectivity index (χ1) is 8.81. The van der Waals surface area contributed by atoms with Crippen LogP contribution < -0.4 is 5.73 Å². The highest BCUT2D eigenvalue weighted by atomic mass is 16.5. The van der Waals surface area contributed by atoms with Crippen LogP contribution in [0.2, 0.25) is 0 Å². The van der Waals surface area contributed by atoms with E-state index in [1.807, 2.05) is 4.68 Å². The van der Waals surface area contributed by atoms with Crippen LogP contribution in [0.3, 0.4) is 0 Å². The molecule has 6 nitrogen and oxygen atoms in total. The van der Waals surface area contributed by atoms with Crippen LogP contribution in [-0.4, -0.2) is 58.6 Å². The molecule has 2 aliphatic heterocycles. The lowest BCUT2D eigenvalue weighted by Crippen LogP contribution is -2.37. The molecule has 0 amide bonds. The van der Waals surface area contributed by atoms with Crippen LogP contribution in [0.4, 0.5) is 0 Å². The molecule has 0 aromatic carbocycles. The molecule has 18 heavy (non-hydrogen) atoms. The van der Waals surface area contributed by atoms with Crippen molar-refractivity contribution in [2.75, 3.05) is 32.8 Å². The van der Waals surface area contributed by atoms with Crippen LogP contribution in [0.25, 0.3) is 0 Å². The summed E-state index contributed by atoms with van der Waals surface area (Å²) >= 11 is 0. The van der Waals surface area contributed by atoms with Crippen molar-refractivity contribution in [1.29, 1.82) is 0 Å². The maximum atomic E-state index is 5.94. The van der Waals surface area contributed by atoms with E-state index in [-0.39, 0.29) is 6.04 Å². The molecule has 1 aromatic rings. The second-order valence-electron chi connectivity index (χ2n) is 5.13. The van der Waals surface area contributed by atoms with Crippen molar-refractivity contribution in [2.24, 2.45) is 5.73 Å². The van der Waals surface area contributed by atoms with E-state index in [1.54, 1.807) is 0 Å². The van der Waals surface area contributed by atoms with E-state index in [4.69, 9.17) is 10.5 Å². The van der Waals surface area contributed by atoms with Gasteiger partial charge in [0.15, 0.2) is 5.82 Å². The van der Waals surface area contributed by atoms with Crippen molar-refractivity contribution in [3.05, 3.63) is 11.6 Å². The summed E-state index contributed by atoms with van der Waals surface area (Å²) in [5.41, 5.74) is 5.94. The Hall–Kier alpha value is -0.980. The summed E-state index contributed by atoms with van der Waals surface area (Å²) in [6.07, 6.45) is 2.92. The first-order valence-electron chi connectivity index (χ1n) is 6.79. The molecule has 3 rings (SSSR count). The lowest BCUT2D eigenvalue weighted by atomic mass is 10.1. The van der Waals surface area contributed by atoms with Gasteiger partial charge in [0.2, 0.25) is 0 Å². The highest BCUT2D eigenvalue weighted by Crippen LogP contribution is 2.12. The van der Waals surface area contributed by atoms with Gasteiger partial charge < -0.3 is 10.5 Å². The molecule has 1 fully saturated rings. The van der Waals surface area contributed by atoms with Gasteiger partial charge in [-0.15, -0.1) is 0 Å². The molecular formula is C12H21N5O. The first kappa shape index (κ1) is 12.1. The number of hydrogen-bond acceptors (Lipinski definition) is 5. The average molecular weight is 251 g/mol. The van der Waals surface area contributed by atoms with E-state index in [9.17, 15) is 0 Å². The summed E-state index contributed by atoms with van der Waals surface area (Å²) in [6, 6.07) is 0.242. The number of fused-ring (bicyclic) bond motifs is 1. The minimum atomic E-state index is 0.242. The summed E-state index contributed by atoms with van der Waals surface area (Å²) in [7, 11) is 0. The quantitative estimate of drug-likeness (QED) is 0.779. The molecule has 0 saturated carbocycles. The maximum absolute atomic E-state index is 5.94. The second kappa shape index (κ2) is 5.34. The smallest absolute Gasteiger partial charge is 0.152 e. The lowest BCUT2D eigenvalue weighted by molar-refractivity contribution is 0.0382. The maximum Gasteiger partial charge on any atom is 0.152 e. The predicted octanol–water partition coefficient (Wildman–Crippen LogP) is -0.574. The van der Waals surface area contributed by atoms with Crippen LogP contribution in [-0.2, 0) is 24.1 Å². The SMILES string of the molecule is NC1CCc2nc(CCN3CCOCC3)nn2C1. The Morgan fingerprint density at radius 1 is 1.33 bits per heavy atom. The average Bonchev–Trinajstić information content (AvgIpc) is 2.79. The van der Waals surface area contributed by atoms with Crippen LogP contribution in [0.5, 0.6) is 0 Å². The number of nitrogens with zero attached hydrogens (tertiary/aromatic N) is 4. The fraction of sp³-hybridized carbons (Fsp3) is 0.833. The molecule has 2 N–H and O–H groups in total. The van der Waals surface area contributed by atoms with Gasteiger partial charge in [-0.2, -0.15) is 5.10 Å². The molecule has 0 spiro atoms. The number of nitrogens with two attached hydrogens (primary N) is 1. The van der Waals surface area contributed by atoms with E-state index in [0.717, 1.165) is 70.3 Å². The molecule has 0 radical (unpaired) electrons. The topological polar surface area (TPSA) is 69.2 Å². The van der Waals surface area contributed by atoms with Gasteiger partial charge in [-0.3, -0.25) is 4.90 Å². The Morgan fingerprint density at radius 2 is 2.17 bits per heavy atom. The van der Waals surface area contributed by atoms with Crippen LogP contribution in [0.1, 0.15) is 18.1 Å². The van der Waals surface area contributed by atoms with E-state index in [0.29, 0.717) is 0 Å². The summed E-state index contributed by atoms with van der Waals surface area (Å²) in [4.78, 5) is 7.02. The highest BCUT2D eigenvalue weighted by molar-refractivity contribution is 4.98. The predicted molar refractivity (Wildman–Crippen MR) is 67.3 cm³/mol. The summed E-state index contributed by atoms with van der Waals surface area (Å²) in [6.45, 7) is 5.60. The highest BCUT2D eigenvalue weighted by Gasteiger charge is 2.19. The molecule has 0 bridgehead atoms. The molecule has 1 unspecified atom stereocenters. The van der Waals surface area contributed by atoms with Gasteiger partial charge in [-0.05, 0) is 6.42 Å². The minimum Gasteiger partial charge on any atom is -0.379 e. The van der Waals surface area contributed by atoms with Crippen molar-refractivity contribution in [3.8, 4) is 0 Å². The zero-order valence-corrected chi connectivity index (χ0v) is 10.7. The van der Waals surface area contributed by atoms with Gasteiger partial charge in [0.05, 0.1) is 19.8 Å². The lowest BCUT2D eigenvalue weighted by Gasteiger charge is -2.25. The van der Waals surface area contributed by atoms with Crippen LogP contribution in [0, 0.1) is 0 Å². The number of aryl methyl sites for hydroxylation is 1. The van der Waals surface area contributed by atoms with Crippen molar-refractivity contribution in [2.45, 2.75) is 31.8 Å². The van der Waals surface area contributed by atoms with Gasteiger partial charge in [0, 0.05) is 38.5 Å². The number of ether oxygens (including phenoxy) is 1. The Labute approximate surface area is 107 Å². The van der Waals surface area contributed by atoms with Gasteiger partial charge in [-0.25, -0.2) is 9.67 Å². The van der Waals surface area contributed by atoms with Gasteiger partial charge >= 0.3 is 0 Å². The number of morpholine rings is 1. The monoisotopic (exact) mass is 251 g/mol. The third-order valence-corrected chi connectivity index (χ3v) is 3.69.